The third-order valence-electron chi connectivity index (χ3n) is 6.85. The molecule has 0 saturated carbocycles. The lowest BCUT2D eigenvalue weighted by Gasteiger charge is -2.39. The van der Waals surface area contributed by atoms with E-state index < -0.39 is 0 Å². The van der Waals surface area contributed by atoms with E-state index in [1.807, 2.05) is 6.07 Å². The summed E-state index contributed by atoms with van der Waals surface area (Å²) in [6.45, 7) is 5.30. The van der Waals surface area contributed by atoms with Crippen molar-refractivity contribution in [3.8, 4) is 5.75 Å². The second kappa shape index (κ2) is 8.66. The van der Waals surface area contributed by atoms with E-state index in [2.05, 4.69) is 70.5 Å². The molecule has 2 fully saturated rings. The number of furan rings is 1. The first kappa shape index (κ1) is 19.4. The first-order chi connectivity index (χ1) is 14.8. The second-order valence-electron chi connectivity index (χ2n) is 8.63. The van der Waals surface area contributed by atoms with Crippen LogP contribution >= 0.6 is 0 Å². The average molecular weight is 403 g/mol. The smallest absolute Gasteiger partial charge is 0.118 e. The zero-order chi connectivity index (χ0) is 20.3. The number of methoxy groups -OCH3 is 1. The molecule has 2 aromatic carbocycles. The zero-order valence-electron chi connectivity index (χ0n) is 17.6. The van der Waals surface area contributed by atoms with Crippen LogP contribution in [0.15, 0.2) is 77.4 Å². The number of fused-ring (bicyclic) bond motifs is 1. The van der Waals surface area contributed by atoms with E-state index in [0.717, 1.165) is 44.2 Å². The molecule has 2 aliphatic heterocycles. The van der Waals surface area contributed by atoms with Crippen molar-refractivity contribution in [1.82, 2.24) is 9.80 Å². The van der Waals surface area contributed by atoms with E-state index in [-0.39, 0.29) is 0 Å². The van der Waals surface area contributed by atoms with E-state index in [1.165, 1.54) is 17.5 Å². The molecule has 30 heavy (non-hydrogen) atoms. The molecule has 5 rings (SSSR count). The molecular formula is C26H30N2O2. The van der Waals surface area contributed by atoms with Crippen molar-refractivity contribution in [1.29, 1.82) is 0 Å². The van der Waals surface area contributed by atoms with Crippen molar-refractivity contribution in [2.75, 3.05) is 26.7 Å². The molecule has 0 bridgehead atoms. The van der Waals surface area contributed by atoms with Crippen molar-refractivity contribution in [2.24, 2.45) is 5.92 Å². The van der Waals surface area contributed by atoms with Gasteiger partial charge in [-0.15, -0.1) is 0 Å². The number of hydrogen-bond donors (Lipinski definition) is 0. The summed E-state index contributed by atoms with van der Waals surface area (Å²) in [5, 5.41) is 0. The van der Waals surface area contributed by atoms with E-state index >= 15 is 0 Å². The van der Waals surface area contributed by atoms with Gasteiger partial charge in [-0.1, -0.05) is 42.5 Å². The largest absolute Gasteiger partial charge is 0.497 e. The van der Waals surface area contributed by atoms with Gasteiger partial charge in [0.15, 0.2) is 0 Å². The molecule has 3 heterocycles. The molecule has 156 valence electrons. The molecule has 4 nitrogen and oxygen atoms in total. The number of benzene rings is 2. The quantitative estimate of drug-likeness (QED) is 0.593. The lowest BCUT2D eigenvalue weighted by atomic mass is 9.81. The van der Waals surface area contributed by atoms with Crippen LogP contribution in [0.1, 0.15) is 29.2 Å². The number of hydrogen-bond acceptors (Lipinski definition) is 4. The Balaban J connectivity index is 1.38. The maximum atomic E-state index is 5.62. The Hall–Kier alpha value is -2.56. The van der Waals surface area contributed by atoms with Crippen LogP contribution in [0.4, 0.5) is 0 Å². The Labute approximate surface area is 179 Å². The van der Waals surface area contributed by atoms with Crippen LogP contribution < -0.4 is 4.74 Å². The van der Waals surface area contributed by atoms with Gasteiger partial charge in [-0.3, -0.25) is 9.80 Å². The molecule has 0 amide bonds. The highest BCUT2D eigenvalue weighted by atomic mass is 16.5. The molecule has 0 aliphatic carbocycles. The minimum atomic E-state index is 0.545. The molecule has 4 heteroatoms. The Morgan fingerprint density at radius 3 is 2.50 bits per heavy atom. The monoisotopic (exact) mass is 402 g/mol. The molecule has 3 atom stereocenters. The number of rotatable bonds is 6. The molecule has 3 aromatic rings. The van der Waals surface area contributed by atoms with Gasteiger partial charge in [0, 0.05) is 38.1 Å². The van der Waals surface area contributed by atoms with Gasteiger partial charge in [-0.2, -0.15) is 0 Å². The topological polar surface area (TPSA) is 28.9 Å². The van der Waals surface area contributed by atoms with Gasteiger partial charge in [0.25, 0.3) is 0 Å². The molecular weight excluding hydrogens is 372 g/mol. The fraction of sp³-hybridized carbons (Fsp3) is 0.385. The third kappa shape index (κ3) is 4.03. The van der Waals surface area contributed by atoms with Crippen LogP contribution in [-0.2, 0) is 13.1 Å². The Kier molecular flexibility index (Phi) is 5.60. The summed E-state index contributed by atoms with van der Waals surface area (Å²) < 4.78 is 11.0. The lowest BCUT2D eigenvalue weighted by Crippen LogP contribution is -2.45. The third-order valence-corrected chi connectivity index (χ3v) is 6.85. The Morgan fingerprint density at radius 2 is 1.77 bits per heavy atom. The molecule has 0 unspecified atom stereocenters. The van der Waals surface area contributed by atoms with Crippen molar-refractivity contribution in [3.63, 3.8) is 0 Å². The minimum Gasteiger partial charge on any atom is -0.497 e. The fourth-order valence-corrected chi connectivity index (χ4v) is 5.38. The molecule has 1 aromatic heterocycles. The number of ether oxygens (including phenoxy) is 1. The SMILES string of the molecule is COc1ccc([C@H]2CN(Cc3ccccc3)[C@@H]3CCN(Cc4ccco4)C[C@H]23)cc1. The first-order valence-electron chi connectivity index (χ1n) is 11.0. The Bertz CT molecular complexity index is 923. The van der Waals surface area contributed by atoms with Crippen molar-refractivity contribution < 1.29 is 9.15 Å². The molecule has 0 spiro atoms. The van der Waals surface area contributed by atoms with Crippen molar-refractivity contribution in [3.05, 3.63) is 89.9 Å². The predicted octanol–water partition coefficient (Wildman–Crippen LogP) is 4.78. The van der Waals surface area contributed by atoms with Crippen LogP contribution in [0.25, 0.3) is 0 Å². The summed E-state index contributed by atoms with van der Waals surface area (Å²) >= 11 is 0. The number of likely N-dealkylation sites (tertiary alicyclic amines) is 2. The number of nitrogens with zero attached hydrogens (tertiary/aromatic N) is 2. The summed E-state index contributed by atoms with van der Waals surface area (Å²) in [6, 6.07) is 24.3. The lowest BCUT2D eigenvalue weighted by molar-refractivity contribution is 0.0958. The predicted molar refractivity (Wildman–Crippen MR) is 118 cm³/mol. The van der Waals surface area contributed by atoms with Crippen LogP contribution in [0.3, 0.4) is 0 Å². The van der Waals surface area contributed by atoms with E-state index in [4.69, 9.17) is 9.15 Å². The van der Waals surface area contributed by atoms with E-state index in [0.29, 0.717) is 17.9 Å². The summed E-state index contributed by atoms with van der Waals surface area (Å²) in [4.78, 5) is 5.29. The van der Waals surface area contributed by atoms with Gasteiger partial charge in [0.05, 0.1) is 19.9 Å². The first-order valence-corrected chi connectivity index (χ1v) is 11.0. The van der Waals surface area contributed by atoms with E-state index in [1.54, 1.807) is 13.4 Å². The highest BCUT2D eigenvalue weighted by molar-refractivity contribution is 5.31. The van der Waals surface area contributed by atoms with Gasteiger partial charge in [0.1, 0.15) is 11.5 Å². The van der Waals surface area contributed by atoms with Gasteiger partial charge >= 0.3 is 0 Å². The highest BCUT2D eigenvalue weighted by Gasteiger charge is 2.45. The summed E-state index contributed by atoms with van der Waals surface area (Å²) in [6.07, 6.45) is 2.99. The Morgan fingerprint density at radius 1 is 0.933 bits per heavy atom. The van der Waals surface area contributed by atoms with Crippen LogP contribution in [0.2, 0.25) is 0 Å². The van der Waals surface area contributed by atoms with Gasteiger partial charge < -0.3 is 9.15 Å². The maximum absolute atomic E-state index is 5.62. The summed E-state index contributed by atoms with van der Waals surface area (Å²) in [7, 11) is 1.73. The summed E-state index contributed by atoms with van der Waals surface area (Å²) in [5.41, 5.74) is 2.84. The van der Waals surface area contributed by atoms with Gasteiger partial charge in [-0.25, -0.2) is 0 Å². The molecule has 0 N–H and O–H groups in total. The molecule has 2 saturated heterocycles. The highest BCUT2D eigenvalue weighted by Crippen LogP contribution is 2.42. The van der Waals surface area contributed by atoms with Crippen molar-refractivity contribution >= 4 is 0 Å². The van der Waals surface area contributed by atoms with Crippen LogP contribution in [0, 0.1) is 5.92 Å². The van der Waals surface area contributed by atoms with Crippen LogP contribution in [0.5, 0.6) is 5.75 Å². The van der Waals surface area contributed by atoms with E-state index in [9.17, 15) is 0 Å². The molecule has 2 aliphatic rings. The standard InChI is InChI=1S/C26H30N2O2/c1-29-22-11-9-21(10-12-22)24-19-28(16-20-6-3-2-4-7-20)26-13-14-27(18-25(24)26)17-23-8-5-15-30-23/h2-12,15,24-26H,13-14,16-19H2,1H3/t24-,25-,26-/m1/s1. The minimum absolute atomic E-state index is 0.545. The number of piperidine rings is 1. The van der Waals surface area contributed by atoms with Crippen molar-refractivity contribution in [2.45, 2.75) is 31.5 Å². The summed E-state index contributed by atoms with van der Waals surface area (Å²) in [5.74, 6) is 3.17. The molecule has 0 radical (unpaired) electrons. The van der Waals surface area contributed by atoms with Gasteiger partial charge in [0.2, 0.25) is 0 Å². The normalized spacial score (nSPS) is 24.6. The second-order valence-corrected chi connectivity index (χ2v) is 8.63. The van der Waals surface area contributed by atoms with Crippen LogP contribution in [-0.4, -0.2) is 42.6 Å². The fourth-order valence-electron chi connectivity index (χ4n) is 5.38. The average Bonchev–Trinajstić information content (AvgIpc) is 3.43. The zero-order valence-corrected chi connectivity index (χ0v) is 17.6. The van der Waals surface area contributed by atoms with Gasteiger partial charge in [-0.05, 0) is 47.7 Å². The maximum Gasteiger partial charge on any atom is 0.118 e.